The summed E-state index contributed by atoms with van der Waals surface area (Å²) in [5.41, 5.74) is 0.928. The van der Waals surface area contributed by atoms with E-state index < -0.39 is 10.0 Å². The van der Waals surface area contributed by atoms with E-state index in [-0.39, 0.29) is 36.3 Å². The molecule has 0 aliphatic heterocycles. The highest BCUT2D eigenvalue weighted by molar-refractivity contribution is 14.0. The van der Waals surface area contributed by atoms with Gasteiger partial charge in [-0.3, -0.25) is 4.99 Å². The van der Waals surface area contributed by atoms with Gasteiger partial charge in [0.2, 0.25) is 10.0 Å². The Morgan fingerprint density at radius 1 is 1.27 bits per heavy atom. The first-order chi connectivity index (χ1) is 10.1. The van der Waals surface area contributed by atoms with Gasteiger partial charge in [0.25, 0.3) is 0 Å². The van der Waals surface area contributed by atoms with Gasteiger partial charge in [-0.2, -0.15) is 0 Å². The number of benzene rings is 1. The Bertz CT molecular complexity index is 561. The van der Waals surface area contributed by atoms with Gasteiger partial charge in [-0.05, 0) is 5.56 Å². The van der Waals surface area contributed by atoms with Crippen molar-refractivity contribution in [2.75, 3.05) is 25.9 Å². The van der Waals surface area contributed by atoms with Crippen LogP contribution < -0.4 is 15.4 Å². The average molecular weight is 438 g/mol. The van der Waals surface area contributed by atoms with Gasteiger partial charge < -0.3 is 10.6 Å². The lowest BCUT2D eigenvalue weighted by Gasteiger charge is -2.11. The molecule has 8 heteroatoms. The van der Waals surface area contributed by atoms with Gasteiger partial charge in [-0.25, -0.2) is 13.1 Å². The van der Waals surface area contributed by atoms with E-state index in [2.05, 4.69) is 26.9 Å². The van der Waals surface area contributed by atoms with Crippen molar-refractivity contribution < 1.29 is 8.42 Å². The van der Waals surface area contributed by atoms with Gasteiger partial charge in [0.05, 0.1) is 5.75 Å². The van der Waals surface area contributed by atoms with Gasteiger partial charge in [-0.1, -0.05) is 36.4 Å². The maximum atomic E-state index is 11.9. The summed E-state index contributed by atoms with van der Waals surface area (Å²) in [6.45, 7) is 4.73. The average Bonchev–Trinajstić information content (AvgIpc) is 2.50. The van der Waals surface area contributed by atoms with Crippen LogP contribution in [0, 0.1) is 0 Å². The Morgan fingerprint density at radius 2 is 1.95 bits per heavy atom. The molecular formula is C14H23IN4O2S. The first-order valence-electron chi connectivity index (χ1n) is 6.64. The maximum Gasteiger partial charge on any atom is 0.213 e. The molecule has 0 radical (unpaired) electrons. The third-order valence-electron chi connectivity index (χ3n) is 2.64. The van der Waals surface area contributed by atoms with E-state index in [1.807, 2.05) is 30.3 Å². The van der Waals surface area contributed by atoms with E-state index in [1.165, 1.54) is 0 Å². The molecular weight excluding hydrogens is 415 g/mol. The van der Waals surface area contributed by atoms with Crippen molar-refractivity contribution in [2.24, 2.45) is 4.99 Å². The summed E-state index contributed by atoms with van der Waals surface area (Å²) in [6, 6.07) is 9.40. The molecule has 0 spiro atoms. The van der Waals surface area contributed by atoms with Crippen molar-refractivity contribution in [1.29, 1.82) is 0 Å². The number of rotatable bonds is 8. The van der Waals surface area contributed by atoms with Crippen molar-refractivity contribution in [3.63, 3.8) is 0 Å². The molecule has 0 aliphatic rings. The molecule has 6 nitrogen and oxygen atoms in total. The molecule has 3 N–H and O–H groups in total. The number of nitrogens with one attached hydrogen (secondary N) is 3. The van der Waals surface area contributed by atoms with Gasteiger partial charge in [-0.15, -0.1) is 30.6 Å². The zero-order chi connectivity index (χ0) is 15.6. The van der Waals surface area contributed by atoms with Crippen molar-refractivity contribution in [3.8, 4) is 0 Å². The van der Waals surface area contributed by atoms with E-state index in [0.29, 0.717) is 19.0 Å². The van der Waals surface area contributed by atoms with Crippen molar-refractivity contribution in [3.05, 3.63) is 48.6 Å². The fraction of sp³-hybridized carbons (Fsp3) is 0.357. The molecule has 0 amide bonds. The molecule has 1 aromatic rings. The van der Waals surface area contributed by atoms with Crippen LogP contribution in [0.4, 0.5) is 0 Å². The second kappa shape index (κ2) is 11.4. The minimum absolute atomic E-state index is 0. The lowest BCUT2D eigenvalue weighted by molar-refractivity contribution is 0.580. The molecule has 22 heavy (non-hydrogen) atoms. The third-order valence-corrected chi connectivity index (χ3v) is 3.97. The molecule has 0 fully saturated rings. The molecule has 0 aliphatic carbocycles. The maximum absolute atomic E-state index is 11.9. The normalized spacial score (nSPS) is 11.4. The summed E-state index contributed by atoms with van der Waals surface area (Å²) in [5, 5.41) is 5.90. The topological polar surface area (TPSA) is 82.6 Å². The molecule has 124 valence electrons. The van der Waals surface area contributed by atoms with Crippen LogP contribution in [0.2, 0.25) is 0 Å². The predicted molar refractivity (Wildman–Crippen MR) is 102 cm³/mol. The summed E-state index contributed by atoms with van der Waals surface area (Å²) in [7, 11) is -1.69. The number of sulfonamides is 1. The zero-order valence-corrected chi connectivity index (χ0v) is 15.7. The molecule has 1 aromatic carbocycles. The Balaban J connectivity index is 0.00000441. The Hall–Kier alpha value is -1.13. The minimum atomic E-state index is -3.32. The smallest absolute Gasteiger partial charge is 0.213 e. The predicted octanol–water partition coefficient (Wildman–Crippen LogP) is 1.08. The molecule has 0 unspecified atom stereocenters. The SMILES string of the molecule is C=CCNC(=NC)NCCS(=O)(=O)NCc1ccccc1.I. The van der Waals surface area contributed by atoms with Crippen molar-refractivity contribution in [1.82, 2.24) is 15.4 Å². The number of hydrogen-bond acceptors (Lipinski definition) is 3. The molecule has 0 atom stereocenters. The molecule has 0 saturated heterocycles. The van der Waals surface area contributed by atoms with Crippen molar-refractivity contribution >= 4 is 40.0 Å². The van der Waals surface area contributed by atoms with Gasteiger partial charge in [0, 0.05) is 26.7 Å². The fourth-order valence-electron chi connectivity index (χ4n) is 1.55. The largest absolute Gasteiger partial charge is 0.355 e. The Kier molecular flexibility index (Phi) is 10.9. The molecule has 0 saturated carbocycles. The van der Waals surface area contributed by atoms with Crippen molar-refractivity contribution in [2.45, 2.75) is 6.54 Å². The first-order valence-corrected chi connectivity index (χ1v) is 8.29. The van der Waals surface area contributed by atoms with Crippen LogP contribution in [0.15, 0.2) is 48.0 Å². The van der Waals surface area contributed by atoms with Crippen LogP contribution >= 0.6 is 24.0 Å². The molecule has 0 bridgehead atoms. The fourth-order valence-corrected chi connectivity index (χ4v) is 2.46. The number of nitrogens with zero attached hydrogens (tertiary/aromatic N) is 1. The summed E-state index contributed by atoms with van der Waals surface area (Å²) in [4.78, 5) is 3.97. The van der Waals surface area contributed by atoms with E-state index in [0.717, 1.165) is 5.56 Å². The van der Waals surface area contributed by atoms with Crippen LogP contribution in [-0.2, 0) is 16.6 Å². The van der Waals surface area contributed by atoms with E-state index >= 15 is 0 Å². The summed E-state index contributed by atoms with van der Waals surface area (Å²) >= 11 is 0. The highest BCUT2D eigenvalue weighted by Crippen LogP contribution is 1.98. The zero-order valence-electron chi connectivity index (χ0n) is 12.6. The minimum Gasteiger partial charge on any atom is -0.355 e. The third kappa shape index (κ3) is 9.00. The molecule has 1 rings (SSSR count). The van der Waals surface area contributed by atoms with E-state index in [1.54, 1.807) is 13.1 Å². The monoisotopic (exact) mass is 438 g/mol. The highest BCUT2D eigenvalue weighted by atomic mass is 127. The summed E-state index contributed by atoms with van der Waals surface area (Å²) in [6.07, 6.45) is 1.70. The number of guanidine groups is 1. The second-order valence-electron chi connectivity index (χ2n) is 4.29. The number of hydrogen-bond donors (Lipinski definition) is 3. The highest BCUT2D eigenvalue weighted by Gasteiger charge is 2.09. The van der Waals surface area contributed by atoms with Crippen LogP contribution in [0.1, 0.15) is 5.56 Å². The quantitative estimate of drug-likeness (QED) is 0.246. The number of aliphatic imine (C=N–C) groups is 1. The second-order valence-corrected chi connectivity index (χ2v) is 6.22. The van der Waals surface area contributed by atoms with Gasteiger partial charge >= 0.3 is 0 Å². The van der Waals surface area contributed by atoms with Gasteiger partial charge in [0.1, 0.15) is 0 Å². The standard InChI is InChI=1S/C14H22N4O2S.HI/c1-3-9-16-14(15-2)17-10-11-21(19,20)18-12-13-7-5-4-6-8-13;/h3-8,18H,1,9-12H2,2H3,(H2,15,16,17);1H. The first kappa shape index (κ1) is 20.9. The lowest BCUT2D eigenvalue weighted by Crippen LogP contribution is -2.41. The van der Waals surface area contributed by atoms with Crippen LogP contribution in [-0.4, -0.2) is 40.3 Å². The number of halogens is 1. The molecule has 0 aromatic heterocycles. The summed E-state index contributed by atoms with van der Waals surface area (Å²) in [5.74, 6) is 0.530. The van der Waals surface area contributed by atoms with E-state index in [9.17, 15) is 8.42 Å². The lowest BCUT2D eigenvalue weighted by atomic mass is 10.2. The van der Waals surface area contributed by atoms with E-state index in [4.69, 9.17) is 0 Å². The summed E-state index contributed by atoms with van der Waals surface area (Å²) < 4.78 is 26.3. The van der Waals surface area contributed by atoms with Gasteiger partial charge in [0.15, 0.2) is 5.96 Å². The Labute approximate surface area is 149 Å². The Morgan fingerprint density at radius 3 is 2.55 bits per heavy atom. The molecule has 0 heterocycles. The van der Waals surface area contributed by atoms with Crippen LogP contribution in [0.3, 0.4) is 0 Å². The van der Waals surface area contributed by atoms with Crippen LogP contribution in [0.5, 0.6) is 0 Å². The van der Waals surface area contributed by atoms with Crippen LogP contribution in [0.25, 0.3) is 0 Å².